The summed E-state index contributed by atoms with van der Waals surface area (Å²) in [4.78, 5) is 13.2. The molecule has 0 radical (unpaired) electrons. The van der Waals surface area contributed by atoms with Gasteiger partial charge in [0, 0.05) is 11.1 Å². The lowest BCUT2D eigenvalue weighted by molar-refractivity contribution is -0.122. The van der Waals surface area contributed by atoms with Gasteiger partial charge >= 0.3 is 0 Å². The highest BCUT2D eigenvalue weighted by Gasteiger charge is 2.32. The summed E-state index contributed by atoms with van der Waals surface area (Å²) in [7, 11) is 0. The van der Waals surface area contributed by atoms with Crippen LogP contribution in [0.2, 0.25) is 0 Å². The van der Waals surface area contributed by atoms with Gasteiger partial charge in [-0.25, -0.2) is 4.39 Å². The molecule has 4 aromatic rings. The molecule has 8 heteroatoms. The summed E-state index contributed by atoms with van der Waals surface area (Å²) in [5.41, 5.74) is 2.20. The van der Waals surface area contributed by atoms with Crippen LogP contribution < -0.4 is 10.1 Å². The summed E-state index contributed by atoms with van der Waals surface area (Å²) in [5, 5.41) is 14.5. The number of hydrogen-bond donors (Lipinski definition) is 1. The number of nitrogens with zero attached hydrogens (tertiary/aromatic N) is 4. The first-order valence-electron chi connectivity index (χ1n) is 9.37. The third-order valence-electron chi connectivity index (χ3n) is 4.97. The minimum absolute atomic E-state index is 0.116. The maximum atomic E-state index is 13.2. The Labute approximate surface area is 171 Å². The number of halogens is 1. The van der Waals surface area contributed by atoms with Gasteiger partial charge in [-0.1, -0.05) is 36.4 Å². The predicted molar refractivity (Wildman–Crippen MR) is 106 cm³/mol. The molecule has 0 aliphatic carbocycles. The number of tetrazole rings is 1. The Morgan fingerprint density at radius 3 is 2.27 bits per heavy atom. The molecule has 2 heterocycles. The number of nitrogens with one attached hydrogen (secondary N) is 1. The number of fused-ring (bicyclic) bond motifs is 2. The van der Waals surface area contributed by atoms with Crippen molar-refractivity contribution in [2.45, 2.75) is 12.5 Å². The van der Waals surface area contributed by atoms with E-state index in [2.05, 4.69) is 20.8 Å². The monoisotopic (exact) mass is 401 g/mol. The zero-order chi connectivity index (χ0) is 20.5. The smallest absolute Gasteiger partial charge is 0.232 e. The quantitative estimate of drug-likeness (QED) is 0.567. The molecule has 0 fully saturated rings. The van der Waals surface area contributed by atoms with Crippen LogP contribution in [-0.4, -0.2) is 26.1 Å². The van der Waals surface area contributed by atoms with Gasteiger partial charge in [-0.2, -0.15) is 4.68 Å². The van der Waals surface area contributed by atoms with Gasteiger partial charge < -0.3 is 10.1 Å². The molecule has 7 nitrogen and oxygen atoms in total. The first-order chi connectivity index (χ1) is 14.7. The van der Waals surface area contributed by atoms with Crippen LogP contribution in [0.1, 0.15) is 22.9 Å². The molecule has 1 aromatic heterocycles. The Hall–Kier alpha value is -4.07. The molecule has 1 aliphatic heterocycles. The standard InChI is InChI=1S/C22H16FN5O2/c23-14-9-11-15(12-10-14)28-20(25-26-27-28)13-24-22(29)21-16-5-1-3-7-18(16)30-19-8-4-2-6-17(19)21/h1-12,21H,13H2,(H,24,29). The molecule has 3 aromatic carbocycles. The minimum atomic E-state index is -0.513. The molecule has 1 N–H and O–H groups in total. The Bertz CT molecular complexity index is 1180. The minimum Gasteiger partial charge on any atom is -0.457 e. The topological polar surface area (TPSA) is 81.9 Å². The second-order valence-corrected chi connectivity index (χ2v) is 6.81. The van der Waals surface area contributed by atoms with Crippen LogP contribution in [-0.2, 0) is 11.3 Å². The number of amides is 1. The van der Waals surface area contributed by atoms with E-state index in [0.717, 1.165) is 11.1 Å². The second kappa shape index (κ2) is 7.40. The third kappa shape index (κ3) is 3.18. The average molecular weight is 401 g/mol. The molecule has 0 unspecified atom stereocenters. The van der Waals surface area contributed by atoms with Gasteiger partial charge in [0.15, 0.2) is 5.82 Å². The predicted octanol–water partition coefficient (Wildman–Crippen LogP) is 3.36. The molecule has 30 heavy (non-hydrogen) atoms. The van der Waals surface area contributed by atoms with Gasteiger partial charge in [-0.3, -0.25) is 4.79 Å². The highest BCUT2D eigenvalue weighted by molar-refractivity contribution is 5.89. The normalized spacial score (nSPS) is 12.6. The van der Waals surface area contributed by atoms with Gasteiger partial charge in [0.25, 0.3) is 0 Å². The van der Waals surface area contributed by atoms with Crippen molar-refractivity contribution in [2.24, 2.45) is 0 Å². The molecule has 5 rings (SSSR count). The zero-order valence-corrected chi connectivity index (χ0v) is 15.7. The average Bonchev–Trinajstić information content (AvgIpc) is 3.25. The molecular formula is C22H16FN5O2. The second-order valence-electron chi connectivity index (χ2n) is 6.81. The van der Waals surface area contributed by atoms with E-state index in [0.29, 0.717) is 23.0 Å². The zero-order valence-electron chi connectivity index (χ0n) is 15.7. The number of para-hydroxylation sites is 2. The van der Waals surface area contributed by atoms with Crippen molar-refractivity contribution in [3.05, 3.63) is 95.6 Å². The molecule has 0 bridgehead atoms. The summed E-state index contributed by atoms with van der Waals surface area (Å²) in [6.45, 7) is 0.116. The molecule has 148 valence electrons. The van der Waals surface area contributed by atoms with Crippen LogP contribution in [0.25, 0.3) is 5.69 Å². The van der Waals surface area contributed by atoms with E-state index in [1.54, 1.807) is 12.1 Å². The highest BCUT2D eigenvalue weighted by Crippen LogP contribution is 2.43. The van der Waals surface area contributed by atoms with Gasteiger partial charge in [0.1, 0.15) is 17.3 Å². The van der Waals surface area contributed by atoms with E-state index in [-0.39, 0.29) is 18.3 Å². The van der Waals surface area contributed by atoms with Crippen LogP contribution in [0.4, 0.5) is 4.39 Å². The van der Waals surface area contributed by atoms with Crippen molar-refractivity contribution in [1.82, 2.24) is 25.5 Å². The first-order valence-corrected chi connectivity index (χ1v) is 9.37. The number of benzene rings is 3. The fourth-order valence-corrected chi connectivity index (χ4v) is 3.56. The largest absolute Gasteiger partial charge is 0.457 e. The van der Waals surface area contributed by atoms with Crippen LogP contribution >= 0.6 is 0 Å². The van der Waals surface area contributed by atoms with Crippen molar-refractivity contribution in [3.63, 3.8) is 0 Å². The number of carbonyl (C=O) groups excluding carboxylic acids is 1. The summed E-state index contributed by atoms with van der Waals surface area (Å²) in [5.74, 6) is 0.704. The van der Waals surface area contributed by atoms with E-state index in [1.165, 1.54) is 16.8 Å². The van der Waals surface area contributed by atoms with E-state index in [9.17, 15) is 9.18 Å². The molecule has 1 aliphatic rings. The molecule has 0 atom stereocenters. The van der Waals surface area contributed by atoms with Crippen molar-refractivity contribution in [3.8, 4) is 17.2 Å². The van der Waals surface area contributed by atoms with Crippen molar-refractivity contribution >= 4 is 5.91 Å². The van der Waals surface area contributed by atoms with Gasteiger partial charge in [-0.05, 0) is 46.8 Å². The van der Waals surface area contributed by atoms with Crippen LogP contribution in [0.5, 0.6) is 11.5 Å². The number of rotatable bonds is 4. The van der Waals surface area contributed by atoms with Crippen LogP contribution in [0, 0.1) is 5.82 Å². The fourth-order valence-electron chi connectivity index (χ4n) is 3.56. The maximum Gasteiger partial charge on any atom is 0.232 e. The molecule has 1 amide bonds. The Morgan fingerprint density at radius 1 is 0.967 bits per heavy atom. The van der Waals surface area contributed by atoms with Gasteiger partial charge in [0.2, 0.25) is 5.91 Å². The Balaban J connectivity index is 1.41. The number of hydrogen-bond acceptors (Lipinski definition) is 5. The third-order valence-corrected chi connectivity index (χ3v) is 4.97. The molecule has 0 spiro atoms. The Kier molecular flexibility index (Phi) is 4.44. The summed E-state index contributed by atoms with van der Waals surface area (Å²) in [6, 6.07) is 20.8. The molecule has 0 saturated heterocycles. The SMILES string of the molecule is O=C(NCc1nnnn1-c1ccc(F)cc1)C1c2ccccc2Oc2ccccc21. The lowest BCUT2D eigenvalue weighted by Crippen LogP contribution is -2.32. The van der Waals surface area contributed by atoms with Gasteiger partial charge in [0.05, 0.1) is 18.2 Å². The van der Waals surface area contributed by atoms with Crippen LogP contribution in [0.15, 0.2) is 72.8 Å². The molecule has 0 saturated carbocycles. The van der Waals surface area contributed by atoms with E-state index < -0.39 is 5.92 Å². The summed E-state index contributed by atoms with van der Waals surface area (Å²) >= 11 is 0. The summed E-state index contributed by atoms with van der Waals surface area (Å²) in [6.07, 6.45) is 0. The van der Waals surface area contributed by atoms with Gasteiger partial charge in [-0.15, -0.1) is 5.10 Å². The lowest BCUT2D eigenvalue weighted by Gasteiger charge is -2.27. The number of aromatic nitrogens is 4. The summed E-state index contributed by atoms with van der Waals surface area (Å²) < 4.78 is 20.6. The Morgan fingerprint density at radius 2 is 1.60 bits per heavy atom. The van der Waals surface area contributed by atoms with E-state index in [1.807, 2.05) is 48.5 Å². The van der Waals surface area contributed by atoms with Crippen molar-refractivity contribution in [1.29, 1.82) is 0 Å². The lowest BCUT2D eigenvalue weighted by atomic mass is 9.87. The van der Waals surface area contributed by atoms with E-state index in [4.69, 9.17) is 4.74 Å². The molecular weight excluding hydrogens is 385 g/mol. The van der Waals surface area contributed by atoms with E-state index >= 15 is 0 Å². The first kappa shape index (κ1) is 18.0. The fraction of sp³-hybridized carbons (Fsp3) is 0.0909. The highest BCUT2D eigenvalue weighted by atomic mass is 19.1. The number of carbonyl (C=O) groups is 1. The maximum absolute atomic E-state index is 13.2. The van der Waals surface area contributed by atoms with Crippen molar-refractivity contribution < 1.29 is 13.9 Å². The number of ether oxygens (including phenoxy) is 1. The van der Waals surface area contributed by atoms with Crippen molar-refractivity contribution in [2.75, 3.05) is 0 Å². The van der Waals surface area contributed by atoms with Crippen LogP contribution in [0.3, 0.4) is 0 Å².